The minimum atomic E-state index is -3.68. The number of nitrogens with one attached hydrogen (secondary N) is 5. The molecule has 7 atom stereocenters. The largest absolute Gasteiger partial charge is 0.347 e. The molecular weight excluding hydrogens is 664 g/mol. The molecule has 0 bridgehead atoms. The number of nitrogens with zero attached hydrogens (tertiary/aromatic N) is 1. The van der Waals surface area contributed by atoms with E-state index in [0.717, 1.165) is 57.6 Å². The standard InChI is InChI=1S/C35H58N6O8S/c1-7-12-25(28(42)33(46)36-23-17-18-23)37-32(45)27-24-16-11-15-22(24)19-41(27)34(47)29(35(3,4)5)39-31(44)26(21-13-9-8-10-14-21)38-30(43)20(2)40-50(6,48)49/h20-27,29,40H,7-19H2,1-6H3,(H,36,46)(H,37,45)(H,38,43)(H,39,44)/t20-,22+,24+,25+,26+,27?,29-/m1/s1. The summed E-state index contributed by atoms with van der Waals surface area (Å²) in [5.74, 6) is -3.73. The molecular formula is C35H58N6O8S. The summed E-state index contributed by atoms with van der Waals surface area (Å²) in [7, 11) is -3.68. The maximum atomic E-state index is 14.6. The van der Waals surface area contributed by atoms with E-state index < -0.39 is 81.0 Å². The molecule has 4 rings (SSSR count). The van der Waals surface area contributed by atoms with Gasteiger partial charge in [-0.2, -0.15) is 0 Å². The third kappa shape index (κ3) is 10.3. The fraction of sp³-hybridized carbons (Fsp3) is 0.829. The van der Waals surface area contributed by atoms with Crippen molar-refractivity contribution in [3.63, 3.8) is 0 Å². The third-order valence-corrected chi connectivity index (χ3v) is 11.5. The highest BCUT2D eigenvalue weighted by molar-refractivity contribution is 7.88. The second-order valence-corrected chi connectivity index (χ2v) is 17.8. The Hall–Kier alpha value is -3.07. The van der Waals surface area contributed by atoms with Crippen LogP contribution in [0.5, 0.6) is 0 Å². The Labute approximate surface area is 296 Å². The molecule has 3 saturated carbocycles. The first kappa shape index (κ1) is 39.7. The second kappa shape index (κ2) is 16.5. The number of fused-ring (bicyclic) bond motifs is 1. The van der Waals surface area contributed by atoms with Crippen molar-refractivity contribution < 1.29 is 37.2 Å². The maximum absolute atomic E-state index is 14.6. The molecule has 4 fully saturated rings. The lowest BCUT2D eigenvalue weighted by Gasteiger charge is -2.38. The molecule has 0 aromatic rings. The highest BCUT2D eigenvalue weighted by Crippen LogP contribution is 2.43. The average Bonchev–Trinajstić information content (AvgIpc) is 3.60. The van der Waals surface area contributed by atoms with Crippen LogP contribution in [0.2, 0.25) is 0 Å². The van der Waals surface area contributed by atoms with Gasteiger partial charge in [-0.05, 0) is 75.0 Å². The molecule has 1 heterocycles. The molecule has 0 spiro atoms. The van der Waals surface area contributed by atoms with Crippen molar-refractivity contribution in [3.05, 3.63) is 0 Å². The van der Waals surface area contributed by atoms with Gasteiger partial charge in [-0.3, -0.25) is 28.8 Å². The summed E-state index contributed by atoms with van der Waals surface area (Å²) >= 11 is 0. The van der Waals surface area contributed by atoms with Crippen LogP contribution in [0.3, 0.4) is 0 Å². The fourth-order valence-corrected chi connectivity index (χ4v) is 8.64. The van der Waals surface area contributed by atoms with Gasteiger partial charge in [0.1, 0.15) is 18.1 Å². The van der Waals surface area contributed by atoms with Crippen LogP contribution in [0.25, 0.3) is 0 Å². The van der Waals surface area contributed by atoms with Crippen LogP contribution in [0, 0.1) is 23.2 Å². The number of amides is 5. The molecule has 5 amide bonds. The fourth-order valence-electron chi connectivity index (χ4n) is 7.89. The first-order valence-electron chi connectivity index (χ1n) is 18.4. The summed E-state index contributed by atoms with van der Waals surface area (Å²) in [6, 6.07) is -5.06. The second-order valence-electron chi connectivity index (χ2n) is 16.1. The molecule has 50 heavy (non-hydrogen) atoms. The molecule has 4 aliphatic rings. The first-order chi connectivity index (χ1) is 23.4. The maximum Gasteiger partial charge on any atom is 0.289 e. The Bertz CT molecular complexity index is 1400. The van der Waals surface area contributed by atoms with Crippen molar-refractivity contribution in [3.8, 4) is 0 Å². The third-order valence-electron chi connectivity index (χ3n) is 10.7. The lowest BCUT2D eigenvalue weighted by Crippen LogP contribution is -2.63. The molecule has 1 aliphatic heterocycles. The molecule has 14 nitrogen and oxygen atoms in total. The molecule has 0 aromatic heterocycles. The van der Waals surface area contributed by atoms with Gasteiger partial charge in [0.2, 0.25) is 39.4 Å². The molecule has 1 saturated heterocycles. The Morgan fingerprint density at radius 3 is 2.08 bits per heavy atom. The topological polar surface area (TPSA) is 200 Å². The number of likely N-dealkylation sites (tertiary alicyclic amines) is 1. The Balaban J connectivity index is 1.56. The van der Waals surface area contributed by atoms with Gasteiger partial charge >= 0.3 is 0 Å². The van der Waals surface area contributed by atoms with Crippen LogP contribution in [-0.4, -0.2) is 97.7 Å². The van der Waals surface area contributed by atoms with Crippen molar-refractivity contribution >= 4 is 45.3 Å². The monoisotopic (exact) mass is 722 g/mol. The highest BCUT2D eigenvalue weighted by atomic mass is 32.2. The molecule has 15 heteroatoms. The summed E-state index contributed by atoms with van der Waals surface area (Å²) in [6.45, 7) is 9.07. The molecule has 0 radical (unpaired) electrons. The number of sulfonamides is 1. The van der Waals surface area contributed by atoms with Gasteiger partial charge in [0, 0.05) is 12.6 Å². The van der Waals surface area contributed by atoms with E-state index in [9.17, 15) is 37.2 Å². The van der Waals surface area contributed by atoms with E-state index in [4.69, 9.17) is 0 Å². The number of rotatable bonds is 15. The van der Waals surface area contributed by atoms with Crippen molar-refractivity contribution in [2.24, 2.45) is 23.2 Å². The summed E-state index contributed by atoms with van der Waals surface area (Å²) in [5, 5.41) is 11.3. The van der Waals surface area contributed by atoms with Crippen molar-refractivity contribution in [2.45, 2.75) is 148 Å². The van der Waals surface area contributed by atoms with Crippen LogP contribution >= 0.6 is 0 Å². The van der Waals surface area contributed by atoms with Crippen LogP contribution in [0.1, 0.15) is 112 Å². The average molecular weight is 723 g/mol. The number of carbonyl (C=O) groups is 6. The molecule has 5 N–H and O–H groups in total. The number of carbonyl (C=O) groups excluding carboxylic acids is 6. The van der Waals surface area contributed by atoms with Crippen LogP contribution < -0.4 is 26.0 Å². The Kier molecular flexibility index (Phi) is 13.1. The van der Waals surface area contributed by atoms with Gasteiger partial charge in [-0.1, -0.05) is 59.8 Å². The van der Waals surface area contributed by atoms with Gasteiger partial charge in [0.05, 0.1) is 18.3 Å². The quantitative estimate of drug-likeness (QED) is 0.156. The zero-order valence-corrected chi connectivity index (χ0v) is 31.3. The van der Waals surface area contributed by atoms with Crippen molar-refractivity contribution in [2.75, 3.05) is 12.8 Å². The molecule has 3 aliphatic carbocycles. The molecule has 1 unspecified atom stereocenters. The minimum absolute atomic E-state index is 0.00486. The summed E-state index contributed by atoms with van der Waals surface area (Å²) < 4.78 is 25.8. The van der Waals surface area contributed by atoms with E-state index in [1.807, 2.05) is 27.7 Å². The Morgan fingerprint density at radius 2 is 1.50 bits per heavy atom. The first-order valence-corrected chi connectivity index (χ1v) is 20.3. The van der Waals surface area contributed by atoms with E-state index in [-0.39, 0.29) is 30.2 Å². The van der Waals surface area contributed by atoms with Gasteiger partial charge in [0.25, 0.3) is 5.91 Å². The van der Waals surface area contributed by atoms with E-state index in [1.165, 1.54) is 6.92 Å². The number of Topliss-reactive ketones (excluding diaryl/α,β-unsaturated/α-hetero) is 1. The molecule has 0 aromatic carbocycles. The van der Waals surface area contributed by atoms with Gasteiger partial charge in [-0.15, -0.1) is 0 Å². The smallest absolute Gasteiger partial charge is 0.289 e. The van der Waals surface area contributed by atoms with E-state index in [1.54, 1.807) is 4.90 Å². The summed E-state index contributed by atoms with van der Waals surface area (Å²) in [4.78, 5) is 83.2. The van der Waals surface area contributed by atoms with E-state index >= 15 is 0 Å². The summed E-state index contributed by atoms with van der Waals surface area (Å²) in [6.07, 6.45) is 10.1. The van der Waals surface area contributed by atoms with Gasteiger partial charge in [0.15, 0.2) is 0 Å². The van der Waals surface area contributed by atoms with Gasteiger partial charge < -0.3 is 26.2 Å². The highest BCUT2D eigenvalue weighted by Gasteiger charge is 2.52. The SMILES string of the molecule is CCC[C@H](NC(=O)C1[C@H]2CCC[C@H]2CN1C(=O)[C@@H](NC(=O)[C@@H](NC(=O)[C@@H](C)NS(C)(=O)=O)C1CCCCC1)C(C)(C)C)C(=O)C(=O)NC1CC1. The number of hydrogen-bond donors (Lipinski definition) is 5. The lowest BCUT2D eigenvalue weighted by atomic mass is 9.82. The van der Waals surface area contributed by atoms with Crippen LogP contribution in [0.15, 0.2) is 0 Å². The predicted octanol–water partition coefficient (Wildman–Crippen LogP) is 1.28. The summed E-state index contributed by atoms with van der Waals surface area (Å²) in [5.41, 5.74) is -0.792. The van der Waals surface area contributed by atoms with Crippen molar-refractivity contribution in [1.82, 2.24) is 30.9 Å². The van der Waals surface area contributed by atoms with Gasteiger partial charge in [-0.25, -0.2) is 13.1 Å². The van der Waals surface area contributed by atoms with Crippen LogP contribution in [0.4, 0.5) is 0 Å². The zero-order valence-electron chi connectivity index (χ0n) is 30.5. The molecule has 282 valence electrons. The van der Waals surface area contributed by atoms with E-state index in [2.05, 4.69) is 26.0 Å². The van der Waals surface area contributed by atoms with Crippen LogP contribution in [-0.2, 0) is 38.8 Å². The predicted molar refractivity (Wildman–Crippen MR) is 187 cm³/mol. The Morgan fingerprint density at radius 1 is 0.840 bits per heavy atom. The number of hydrogen-bond acceptors (Lipinski definition) is 8. The van der Waals surface area contributed by atoms with E-state index in [0.29, 0.717) is 25.8 Å². The minimum Gasteiger partial charge on any atom is -0.347 e. The van der Waals surface area contributed by atoms with Crippen molar-refractivity contribution in [1.29, 1.82) is 0 Å². The normalized spacial score (nSPS) is 25.1. The number of ketones is 1. The zero-order chi connectivity index (χ0) is 37.0. The lowest BCUT2D eigenvalue weighted by molar-refractivity contribution is -0.146.